The van der Waals surface area contributed by atoms with Crippen molar-refractivity contribution < 1.29 is 23.9 Å². The number of hydrazone groups is 1. The van der Waals surface area contributed by atoms with Gasteiger partial charge in [-0.15, -0.1) is 0 Å². The third-order valence-corrected chi connectivity index (χ3v) is 5.06. The number of carbonyl (C=O) groups excluding carboxylic acids is 3. The van der Waals surface area contributed by atoms with Gasteiger partial charge in [0.1, 0.15) is 5.75 Å². The van der Waals surface area contributed by atoms with Crippen LogP contribution in [-0.2, 0) is 19.1 Å². The molecule has 33 heavy (non-hydrogen) atoms. The fraction of sp³-hybridized carbons (Fsp3) is 0.304. The van der Waals surface area contributed by atoms with E-state index < -0.39 is 11.8 Å². The van der Waals surface area contributed by atoms with Gasteiger partial charge in [-0.2, -0.15) is 5.10 Å². The van der Waals surface area contributed by atoms with Crippen LogP contribution in [0.4, 0.5) is 5.69 Å². The van der Waals surface area contributed by atoms with E-state index in [-0.39, 0.29) is 18.6 Å². The van der Waals surface area contributed by atoms with Crippen molar-refractivity contribution in [2.24, 2.45) is 5.10 Å². The van der Waals surface area contributed by atoms with E-state index in [4.69, 9.17) is 21.1 Å². The molecule has 1 aliphatic heterocycles. The highest BCUT2D eigenvalue weighted by Crippen LogP contribution is 2.19. The number of amides is 3. The molecule has 1 fully saturated rings. The number of hydrogen-bond acceptors (Lipinski definition) is 6. The smallest absolute Gasteiger partial charge is 0.329 e. The second-order valence-corrected chi connectivity index (χ2v) is 7.85. The number of halogens is 1. The summed E-state index contributed by atoms with van der Waals surface area (Å²) >= 11 is 5.88. The van der Waals surface area contributed by atoms with Gasteiger partial charge >= 0.3 is 11.8 Å². The zero-order valence-corrected chi connectivity index (χ0v) is 18.9. The molecule has 0 saturated carbocycles. The molecule has 3 N–H and O–H groups in total. The van der Waals surface area contributed by atoms with Crippen LogP contribution in [0.15, 0.2) is 47.6 Å². The van der Waals surface area contributed by atoms with Gasteiger partial charge in [0, 0.05) is 23.9 Å². The molecule has 2 aromatic carbocycles. The summed E-state index contributed by atoms with van der Waals surface area (Å²) in [5.41, 5.74) is 4.06. The summed E-state index contributed by atoms with van der Waals surface area (Å²) in [6.45, 7) is 2.90. The van der Waals surface area contributed by atoms with Crippen LogP contribution in [-0.4, -0.2) is 49.8 Å². The van der Waals surface area contributed by atoms with E-state index in [1.54, 1.807) is 49.4 Å². The van der Waals surface area contributed by atoms with E-state index in [1.165, 1.54) is 6.21 Å². The minimum absolute atomic E-state index is 0.0839. The van der Waals surface area contributed by atoms with Crippen LogP contribution in [0.5, 0.6) is 5.75 Å². The molecule has 0 radical (unpaired) electrons. The lowest BCUT2D eigenvalue weighted by molar-refractivity contribution is -0.136. The third-order valence-electron chi connectivity index (χ3n) is 4.82. The lowest BCUT2D eigenvalue weighted by Crippen LogP contribution is -2.35. The number of carbonyl (C=O) groups is 3. The summed E-state index contributed by atoms with van der Waals surface area (Å²) in [5, 5.41) is 9.61. The van der Waals surface area contributed by atoms with Gasteiger partial charge < -0.3 is 20.1 Å². The zero-order chi connectivity index (χ0) is 23.6. The van der Waals surface area contributed by atoms with E-state index in [1.807, 2.05) is 0 Å². The quantitative estimate of drug-likeness (QED) is 0.310. The third kappa shape index (κ3) is 7.89. The number of aryl methyl sites for hydroxylation is 1. The first kappa shape index (κ1) is 24.2. The van der Waals surface area contributed by atoms with E-state index in [0.29, 0.717) is 28.6 Å². The van der Waals surface area contributed by atoms with Crippen molar-refractivity contribution >= 4 is 41.2 Å². The van der Waals surface area contributed by atoms with E-state index in [9.17, 15) is 14.4 Å². The van der Waals surface area contributed by atoms with Gasteiger partial charge in [-0.05, 0) is 73.4 Å². The second-order valence-electron chi connectivity index (χ2n) is 7.41. The molecule has 10 heteroatoms. The van der Waals surface area contributed by atoms with E-state index in [0.717, 1.165) is 25.0 Å². The Kier molecular flexibility index (Phi) is 8.79. The average molecular weight is 473 g/mol. The van der Waals surface area contributed by atoms with Crippen LogP contribution in [0.2, 0.25) is 5.02 Å². The lowest BCUT2D eigenvalue weighted by atomic mass is 10.2. The highest BCUT2D eigenvalue weighted by molar-refractivity contribution is 6.39. The average Bonchev–Trinajstić information content (AvgIpc) is 3.32. The van der Waals surface area contributed by atoms with Crippen molar-refractivity contribution in [3.63, 3.8) is 0 Å². The minimum Gasteiger partial charge on any atom is -0.484 e. The van der Waals surface area contributed by atoms with Gasteiger partial charge in [-0.1, -0.05) is 11.6 Å². The Labute approximate surface area is 196 Å². The molecule has 2 aromatic rings. The standard InChI is InChI=1S/C23H25ClN4O5/c1-15-11-17(24)6-9-20(15)27-22(30)23(31)28-26-12-16-4-7-18(8-5-16)33-14-21(29)25-13-19-3-2-10-32-19/h4-9,11-12,19H,2-3,10,13-14H2,1H3,(H,25,29)(H,27,30)(H,28,31)/b26-12-/t19-/m0/s1. The first-order valence-electron chi connectivity index (χ1n) is 10.4. The van der Waals surface area contributed by atoms with Gasteiger partial charge in [0.2, 0.25) is 0 Å². The Hall–Kier alpha value is -3.43. The summed E-state index contributed by atoms with van der Waals surface area (Å²) in [6.07, 6.45) is 3.45. The number of nitrogens with one attached hydrogen (secondary N) is 3. The van der Waals surface area contributed by atoms with E-state index >= 15 is 0 Å². The molecule has 1 heterocycles. The van der Waals surface area contributed by atoms with Crippen LogP contribution < -0.4 is 20.8 Å². The van der Waals surface area contributed by atoms with Crippen molar-refractivity contribution in [3.05, 3.63) is 58.6 Å². The Balaban J connectivity index is 1.39. The highest BCUT2D eigenvalue weighted by Gasteiger charge is 2.16. The highest BCUT2D eigenvalue weighted by atomic mass is 35.5. The predicted octanol–water partition coefficient (Wildman–Crippen LogP) is 2.41. The zero-order valence-electron chi connectivity index (χ0n) is 18.1. The Morgan fingerprint density at radius 1 is 1.18 bits per heavy atom. The molecular weight excluding hydrogens is 448 g/mol. The van der Waals surface area contributed by atoms with Crippen LogP contribution in [0.25, 0.3) is 0 Å². The summed E-state index contributed by atoms with van der Waals surface area (Å²) in [5.74, 6) is -1.46. The molecule has 174 valence electrons. The lowest BCUT2D eigenvalue weighted by Gasteiger charge is -2.11. The molecule has 0 unspecified atom stereocenters. The number of benzene rings is 2. The van der Waals surface area contributed by atoms with Crippen molar-refractivity contribution in [1.82, 2.24) is 10.7 Å². The Bertz CT molecular complexity index is 1020. The van der Waals surface area contributed by atoms with Gasteiger partial charge in [0.25, 0.3) is 5.91 Å². The maximum atomic E-state index is 12.0. The summed E-state index contributed by atoms with van der Waals surface area (Å²) in [7, 11) is 0. The summed E-state index contributed by atoms with van der Waals surface area (Å²) in [6, 6.07) is 11.7. The molecular formula is C23H25ClN4O5. The van der Waals surface area contributed by atoms with E-state index in [2.05, 4.69) is 21.2 Å². The van der Waals surface area contributed by atoms with Crippen molar-refractivity contribution in [3.8, 4) is 5.75 Å². The number of anilines is 1. The molecule has 1 atom stereocenters. The second kappa shape index (κ2) is 12.0. The predicted molar refractivity (Wildman–Crippen MR) is 124 cm³/mol. The molecule has 3 amide bonds. The van der Waals surface area contributed by atoms with Crippen molar-refractivity contribution in [1.29, 1.82) is 0 Å². The molecule has 9 nitrogen and oxygen atoms in total. The molecule has 0 aromatic heterocycles. The molecule has 3 rings (SSSR count). The summed E-state index contributed by atoms with van der Waals surface area (Å²) in [4.78, 5) is 35.8. The SMILES string of the molecule is Cc1cc(Cl)ccc1NC(=O)C(=O)N/N=C\c1ccc(OCC(=O)NC[C@@H]2CCCO2)cc1. The van der Waals surface area contributed by atoms with Crippen LogP contribution in [0, 0.1) is 6.92 Å². The van der Waals surface area contributed by atoms with Gasteiger partial charge in [-0.3, -0.25) is 14.4 Å². The molecule has 0 spiro atoms. The van der Waals surface area contributed by atoms with Gasteiger partial charge in [0.05, 0.1) is 12.3 Å². The van der Waals surface area contributed by atoms with Crippen molar-refractivity contribution in [2.45, 2.75) is 25.9 Å². The van der Waals surface area contributed by atoms with Crippen LogP contribution in [0.1, 0.15) is 24.0 Å². The van der Waals surface area contributed by atoms with Gasteiger partial charge in [-0.25, -0.2) is 5.43 Å². The minimum atomic E-state index is -0.908. The number of hydrogen-bond donors (Lipinski definition) is 3. The van der Waals surface area contributed by atoms with Crippen molar-refractivity contribution in [2.75, 3.05) is 25.1 Å². The first-order valence-corrected chi connectivity index (χ1v) is 10.8. The first-order chi connectivity index (χ1) is 15.9. The normalized spacial score (nSPS) is 15.3. The molecule has 1 saturated heterocycles. The fourth-order valence-electron chi connectivity index (χ4n) is 3.05. The number of ether oxygens (including phenoxy) is 2. The topological polar surface area (TPSA) is 118 Å². The molecule has 0 aliphatic carbocycles. The molecule has 1 aliphatic rings. The number of rotatable bonds is 8. The fourth-order valence-corrected chi connectivity index (χ4v) is 3.27. The largest absolute Gasteiger partial charge is 0.484 e. The van der Waals surface area contributed by atoms with Gasteiger partial charge in [0.15, 0.2) is 6.61 Å². The van der Waals surface area contributed by atoms with Crippen LogP contribution >= 0.6 is 11.6 Å². The Morgan fingerprint density at radius 3 is 2.67 bits per heavy atom. The maximum Gasteiger partial charge on any atom is 0.329 e. The number of nitrogens with zero attached hydrogens (tertiary/aromatic N) is 1. The molecule has 0 bridgehead atoms. The maximum absolute atomic E-state index is 12.0. The Morgan fingerprint density at radius 2 is 1.97 bits per heavy atom. The van der Waals surface area contributed by atoms with Crippen LogP contribution in [0.3, 0.4) is 0 Å². The monoisotopic (exact) mass is 472 g/mol. The summed E-state index contributed by atoms with van der Waals surface area (Å²) < 4.78 is 10.9.